The van der Waals surface area contributed by atoms with Gasteiger partial charge >= 0.3 is 5.97 Å². The Labute approximate surface area is 774 Å². The minimum absolute atomic E-state index is 0.148. The van der Waals surface area contributed by atoms with Gasteiger partial charge in [-0.1, -0.05) is 138 Å². The number of aliphatic hydroxyl groups excluding tert-OH is 2. The van der Waals surface area contributed by atoms with E-state index in [1.165, 1.54) is 52.2 Å². The Morgan fingerprint density at radius 2 is 1.01 bits per heavy atom. The van der Waals surface area contributed by atoms with Crippen LogP contribution in [0.1, 0.15) is 114 Å². The monoisotopic (exact) mass is 1880 g/mol. The molecule has 9 rings (SSSR count). The van der Waals surface area contributed by atoms with Crippen molar-refractivity contribution >= 4 is 123 Å². The molecule has 3 aliphatic rings. The fourth-order valence-corrected chi connectivity index (χ4v) is 17.2. The summed E-state index contributed by atoms with van der Waals surface area (Å²) in [5, 5.41) is 67.0. The van der Waals surface area contributed by atoms with Gasteiger partial charge in [-0.05, 0) is 82.8 Å². The third-order valence-electron chi connectivity index (χ3n) is 23.5. The number of aromatic hydroxyl groups is 1. The fraction of sp³-hybridized carbons (Fsp3) is 0.467. The molecule has 3 saturated heterocycles. The van der Waals surface area contributed by atoms with Crippen molar-refractivity contribution < 1.29 is 115 Å². The van der Waals surface area contributed by atoms with Crippen molar-refractivity contribution in [3.05, 3.63) is 173 Å². The lowest BCUT2D eigenvalue weighted by molar-refractivity contribution is -0.152. The molecule has 0 unspecified atom stereocenters. The van der Waals surface area contributed by atoms with Crippen LogP contribution in [0.25, 0.3) is 10.9 Å². The average Bonchev–Trinajstić information content (AvgIpc) is 1.62. The maximum absolute atomic E-state index is 15.7. The summed E-state index contributed by atoms with van der Waals surface area (Å²) >= 11 is 0.641. The first kappa shape index (κ1) is 104. The first-order chi connectivity index (χ1) is 63.5. The fourth-order valence-electron chi connectivity index (χ4n) is 16.3. The van der Waals surface area contributed by atoms with E-state index in [0.29, 0.717) is 63.5 Å². The topological polar surface area (TPSA) is 563 Å². The molecule has 0 saturated carbocycles. The summed E-state index contributed by atoms with van der Waals surface area (Å²) in [6.45, 7) is 6.07. The van der Waals surface area contributed by atoms with Gasteiger partial charge in [0.05, 0.1) is 37.3 Å². The summed E-state index contributed by atoms with van der Waals surface area (Å²) in [7, 11) is 3.54. The summed E-state index contributed by atoms with van der Waals surface area (Å²) < 4.78 is 45.1. The number of benzene rings is 5. The molecule has 1 aromatic heterocycles. The van der Waals surface area contributed by atoms with E-state index in [0.717, 1.165) is 31.5 Å². The third-order valence-corrected chi connectivity index (χ3v) is 24.5. The number of nitrogens with one attached hydrogen (secondary N) is 10. The van der Waals surface area contributed by atoms with Crippen LogP contribution in [0, 0.1) is 29.3 Å². The van der Waals surface area contributed by atoms with Crippen molar-refractivity contribution in [1.29, 1.82) is 0 Å². The highest BCUT2D eigenvalue weighted by Gasteiger charge is 2.49. The van der Waals surface area contributed by atoms with Crippen molar-refractivity contribution in [1.82, 2.24) is 77.3 Å². The summed E-state index contributed by atoms with van der Waals surface area (Å²) in [6.07, 6.45) is -6.60. The minimum Gasteiger partial charge on any atom is -0.508 e. The molecule has 16 amide bonds. The Morgan fingerprint density at radius 3 is 1.57 bits per heavy atom. The largest absolute Gasteiger partial charge is 0.508 e. The zero-order valence-electron chi connectivity index (χ0n) is 75.3. The van der Waals surface area contributed by atoms with Gasteiger partial charge in [0.1, 0.15) is 84.3 Å². The van der Waals surface area contributed by atoms with Crippen molar-refractivity contribution in [2.24, 2.45) is 23.3 Å². The van der Waals surface area contributed by atoms with Crippen LogP contribution < -0.4 is 59.3 Å². The smallest absolute Gasteiger partial charge is 0.305 e. The van der Waals surface area contributed by atoms with E-state index >= 15 is 51.9 Å². The Balaban J connectivity index is 1.14. The number of phenols is 1. The predicted molar refractivity (Wildman–Crippen MR) is 481 cm³/mol. The van der Waals surface area contributed by atoms with Crippen LogP contribution in [0.2, 0.25) is 0 Å². The molecule has 0 radical (unpaired) electrons. The number of rotatable bonds is 23. The molecule has 18 N–H and O–H groups in total. The first-order valence-corrected chi connectivity index (χ1v) is 45.0. The molecule has 3 fully saturated rings. The maximum Gasteiger partial charge on any atom is 0.305 e. The van der Waals surface area contributed by atoms with Crippen molar-refractivity contribution in [2.45, 2.75) is 209 Å². The first-order valence-electron chi connectivity index (χ1n) is 43.9. The number of carboxylic acid groups (broad SMARTS) is 1. The van der Waals surface area contributed by atoms with E-state index in [9.17, 15) is 63.2 Å². The van der Waals surface area contributed by atoms with E-state index < -0.39 is 296 Å². The number of aliphatic carboxylic acids is 1. The number of hydrogen-bond acceptors (Lipinski definition) is 21. The normalized spacial score (nSPS) is 24.6. The molecule has 0 spiro atoms. The molecule has 38 nitrogen and oxygen atoms in total. The van der Waals surface area contributed by atoms with Gasteiger partial charge in [0, 0.05) is 102 Å². The number of H-pyrrole nitrogens is 1. The Morgan fingerprint density at radius 1 is 0.507 bits per heavy atom. The molecule has 3 aliphatic heterocycles. The number of aromatic nitrogens is 1. The number of aromatic amines is 1. The molecule has 42 heteroatoms. The number of primary amides is 2. The molecule has 134 heavy (non-hydrogen) atoms. The zero-order valence-corrected chi connectivity index (χ0v) is 76.1. The number of carboxylic acids is 1. The van der Waals surface area contributed by atoms with Crippen LogP contribution in [0.4, 0.5) is 13.2 Å². The average molecular weight is 1890 g/mol. The van der Waals surface area contributed by atoms with Gasteiger partial charge in [-0.15, -0.1) is 11.8 Å². The van der Waals surface area contributed by atoms with E-state index in [1.54, 1.807) is 112 Å². The number of nitrogens with zero attached hydrogens (tertiary/aromatic N) is 5. The van der Waals surface area contributed by atoms with E-state index in [4.69, 9.17) is 11.5 Å². The lowest BCUT2D eigenvalue weighted by Crippen LogP contribution is -2.62. The number of thioether (sulfide) groups is 1. The maximum atomic E-state index is 15.7. The van der Waals surface area contributed by atoms with Gasteiger partial charge in [-0.25, -0.2) is 13.2 Å². The summed E-state index contributed by atoms with van der Waals surface area (Å²) in [5.74, 6) is -27.2. The second kappa shape index (κ2) is 48.2. The van der Waals surface area contributed by atoms with Gasteiger partial charge < -0.3 is 109 Å². The minimum atomic E-state index is -2.07. The zero-order chi connectivity index (χ0) is 98.2. The third kappa shape index (κ3) is 28.5. The molecular weight excluding hydrogens is 1770 g/mol. The number of unbranched alkanes of at least 4 members (excludes halogenated alkanes) is 1. The van der Waals surface area contributed by atoms with Gasteiger partial charge in [0.2, 0.25) is 94.5 Å². The van der Waals surface area contributed by atoms with Crippen LogP contribution in [-0.2, 0) is 114 Å². The van der Waals surface area contributed by atoms with Crippen LogP contribution in [0.15, 0.2) is 128 Å². The predicted octanol–water partition coefficient (Wildman–Crippen LogP) is -0.322. The number of para-hydroxylation sites is 1. The van der Waals surface area contributed by atoms with E-state index in [-0.39, 0.29) is 44.3 Å². The lowest BCUT2D eigenvalue weighted by Gasteiger charge is -2.38. The molecule has 4 heterocycles. The van der Waals surface area contributed by atoms with Crippen LogP contribution >= 0.6 is 11.8 Å². The van der Waals surface area contributed by atoms with Crippen LogP contribution in [-0.4, -0.2) is 293 Å². The van der Waals surface area contributed by atoms with Crippen molar-refractivity contribution in [2.75, 3.05) is 52.3 Å². The second-order valence-electron chi connectivity index (χ2n) is 34.5. The number of halogens is 3. The Kier molecular flexibility index (Phi) is 37.5. The number of amides is 16. The highest BCUT2D eigenvalue weighted by Crippen LogP contribution is 2.29. The Bertz CT molecular complexity index is 5250. The van der Waals surface area contributed by atoms with Crippen molar-refractivity contribution in [3.8, 4) is 5.75 Å². The number of hydrogen-bond donors (Lipinski definition) is 16. The van der Waals surface area contributed by atoms with E-state index in [1.807, 2.05) is 0 Å². The number of phenolic OH excluding ortho intramolecular Hbond substituents is 1. The van der Waals surface area contributed by atoms with Crippen LogP contribution in [0.5, 0.6) is 5.75 Å². The van der Waals surface area contributed by atoms with Gasteiger partial charge in [0.15, 0.2) is 17.5 Å². The lowest BCUT2D eigenvalue weighted by atomic mass is 9.98. The van der Waals surface area contributed by atoms with Crippen LogP contribution in [0.3, 0.4) is 0 Å². The molecule has 15 atom stereocenters. The van der Waals surface area contributed by atoms with Gasteiger partial charge in [-0.3, -0.25) is 81.5 Å². The molecule has 5 aromatic carbocycles. The second-order valence-corrected chi connectivity index (χ2v) is 35.6. The molecule has 722 valence electrons. The standard InChI is InChI=1S/C92H116F3N17O21S/c1-9-10-25-69-91(132)112-45-57(115)39-72(112)87(128)104-65(41-77(119)120)84(125)107-79(49(4)5)92(133)109(7)70(35-50-19-13-11-14-20-50)85(126)105-67(40-74(96)116)89(130)111-44-56(114)38-71(111)86(127)103-64(37-54-42-98-61-24-18-17-23-58(54)61)83(124)102-63(33-52-26-28-55(113)29-27-52)82(123)101-62(30-48(2)3)81(122)106-68(80(121)99-43-75(97)117)46-134-47-76(118)100-66(34-53-31-59(93)78(95)60(94)32-53)88(129)110(8)73(90(131)108(69)6)36-51-21-15-12-16-22-51/h11-24,26-29,31-32,42,48-49,56-57,62-73,79,98,113-115H,9-10,25,30,33-41,43-47H2,1-8H3,(H2,96,116)(H2,97,117)(H,99,121)(H,100,118)(H,101,123)(H,102,124)(H,103,127)(H,104,128)(H,105,126)(H,106,122)(H,107,125)(H,119,120)/t56-,57-,62-,63+,64+,65+,66-,67+,68+,69+,70-,71-,72-,73+,79+/m1/s1. The highest BCUT2D eigenvalue weighted by molar-refractivity contribution is 8.00. The number of carbonyl (C=O) groups is 17. The summed E-state index contributed by atoms with van der Waals surface area (Å²) in [4.78, 5) is 258. The Hall–Kier alpha value is -13.5. The van der Waals surface area contributed by atoms with Crippen molar-refractivity contribution in [3.63, 3.8) is 0 Å². The van der Waals surface area contributed by atoms with Gasteiger partial charge in [0.25, 0.3) is 0 Å². The molecule has 6 aromatic rings. The number of aliphatic hydroxyl groups is 2. The number of likely N-dealkylation sites (N-methyl/N-ethyl adjacent to an activating group) is 3. The highest BCUT2D eigenvalue weighted by atomic mass is 32.2. The van der Waals surface area contributed by atoms with E-state index in [2.05, 4.69) is 52.8 Å². The van der Waals surface area contributed by atoms with Gasteiger partial charge in [-0.2, -0.15) is 0 Å². The molecule has 0 aliphatic carbocycles. The summed E-state index contributed by atoms with van der Waals surface area (Å²) in [6, 6.07) is 6.70. The molecular formula is C92H116F3N17O21S. The SMILES string of the molecule is CCCC[C@H]1C(=O)N2C[C@H](O)C[C@@H]2C(=O)N[C@@H](CC(=O)O)C(=O)N[C@@H](C(C)C)C(=O)N(C)[C@H](Cc2ccccc2)C(=O)N[C@@H](CC(N)=O)C(=O)N2C[C@H](O)C[C@@H]2C(=O)N[C@@H](Cc2c[nH]c3ccccc23)C(=O)N[C@@H](Cc2ccc(O)cc2)C(=O)N[C@H](CC(C)C)C(=O)N[C@H](C(=O)NCC(N)=O)CSCC(=O)N[C@H](Cc2cc(F)c(F)c(F)c2)C(=O)N(C)[C@@H](Cc2ccccc2)C(=O)N1C. The number of carbonyl (C=O) groups excluding carboxylic acids is 16. The molecule has 0 bridgehead atoms. The number of nitrogens with two attached hydrogens (primary N) is 2. The quantitative estimate of drug-likeness (QED) is 0.0366. The summed E-state index contributed by atoms with van der Waals surface area (Å²) in [5.41, 5.74) is 13.0. The number of fused-ring (bicyclic) bond motifs is 3.